The van der Waals surface area contributed by atoms with Crippen LogP contribution in [0, 0.1) is 0 Å². The lowest BCUT2D eigenvalue weighted by Crippen LogP contribution is -2.42. The van der Waals surface area contributed by atoms with Crippen molar-refractivity contribution in [3.63, 3.8) is 0 Å². The van der Waals surface area contributed by atoms with Crippen LogP contribution in [0.15, 0.2) is 73.2 Å². The van der Waals surface area contributed by atoms with Crippen LogP contribution in [-0.4, -0.2) is 57.1 Å². The average molecular weight is 473 g/mol. The van der Waals surface area contributed by atoms with Crippen LogP contribution in [0.3, 0.4) is 0 Å². The highest BCUT2D eigenvalue weighted by atomic mass is 16.5. The molecule has 3 atom stereocenters. The summed E-state index contributed by atoms with van der Waals surface area (Å²) >= 11 is 0. The molecule has 0 bridgehead atoms. The summed E-state index contributed by atoms with van der Waals surface area (Å²) in [5, 5.41) is 10.3. The Balaban J connectivity index is 1.37. The maximum atomic E-state index is 13.7. The molecule has 0 spiro atoms. The van der Waals surface area contributed by atoms with Crippen molar-refractivity contribution in [1.29, 1.82) is 0 Å². The second-order valence-electron chi connectivity index (χ2n) is 8.96. The quantitative estimate of drug-likeness (QED) is 0.551. The molecule has 8 heteroatoms. The van der Waals surface area contributed by atoms with Crippen LogP contribution in [0.4, 0.5) is 5.82 Å². The van der Waals surface area contributed by atoms with Gasteiger partial charge >= 0.3 is 5.97 Å². The Morgan fingerprint density at radius 2 is 1.83 bits per heavy atom. The number of rotatable bonds is 6. The maximum Gasteiger partial charge on any atom is 0.329 e. The SMILES string of the molecule is O=C(OCc1ccccc1)[C@@H]1C[C@@H](O)CN1C(=O)c1cccnc1N1CCCC1c1ccncc1. The summed E-state index contributed by atoms with van der Waals surface area (Å²) in [5.74, 6) is -0.249. The third kappa shape index (κ3) is 4.88. The monoisotopic (exact) mass is 472 g/mol. The number of amides is 1. The standard InChI is InChI=1S/C27H28N4O4/c32-21-16-24(27(34)35-18-19-6-2-1-3-7-19)31(17-21)26(33)22-8-4-12-29-25(22)30-15-5-9-23(30)20-10-13-28-14-11-20/h1-4,6-8,10-14,21,23-24,32H,5,9,15-18H2/t21-,23?,24+/m1/s1. The number of benzene rings is 1. The van der Waals surface area contributed by atoms with Gasteiger partial charge in [-0.1, -0.05) is 30.3 Å². The molecule has 0 radical (unpaired) electrons. The number of pyridine rings is 2. The number of anilines is 1. The van der Waals surface area contributed by atoms with E-state index >= 15 is 0 Å². The summed E-state index contributed by atoms with van der Waals surface area (Å²) < 4.78 is 5.51. The van der Waals surface area contributed by atoms with E-state index < -0.39 is 18.1 Å². The lowest BCUT2D eigenvalue weighted by atomic mass is 10.1. The second kappa shape index (κ2) is 10.2. The number of carbonyl (C=O) groups is 2. The Hall–Kier alpha value is -3.78. The third-order valence-corrected chi connectivity index (χ3v) is 6.67. The molecular formula is C27H28N4O4. The van der Waals surface area contributed by atoms with E-state index in [2.05, 4.69) is 14.9 Å². The number of likely N-dealkylation sites (tertiary alicyclic amines) is 1. The lowest BCUT2D eigenvalue weighted by molar-refractivity contribution is -0.149. The number of hydrogen-bond donors (Lipinski definition) is 1. The molecule has 2 aliphatic rings. The molecule has 35 heavy (non-hydrogen) atoms. The lowest BCUT2D eigenvalue weighted by Gasteiger charge is -2.29. The molecule has 1 amide bonds. The third-order valence-electron chi connectivity index (χ3n) is 6.67. The molecule has 4 heterocycles. The summed E-state index contributed by atoms with van der Waals surface area (Å²) in [7, 11) is 0. The topological polar surface area (TPSA) is 95.9 Å². The zero-order chi connectivity index (χ0) is 24.2. The van der Waals surface area contributed by atoms with Crippen LogP contribution >= 0.6 is 0 Å². The van der Waals surface area contributed by atoms with E-state index in [1.165, 1.54) is 4.90 Å². The fourth-order valence-corrected chi connectivity index (χ4v) is 4.99. The number of ether oxygens (including phenoxy) is 1. The molecule has 3 aromatic rings. The van der Waals surface area contributed by atoms with Gasteiger partial charge in [0.25, 0.3) is 5.91 Å². The van der Waals surface area contributed by atoms with Gasteiger partial charge < -0.3 is 19.6 Å². The predicted molar refractivity (Wildman–Crippen MR) is 129 cm³/mol. The molecule has 180 valence electrons. The van der Waals surface area contributed by atoms with Crippen LogP contribution in [-0.2, 0) is 16.1 Å². The van der Waals surface area contributed by atoms with E-state index in [0.29, 0.717) is 11.4 Å². The van der Waals surface area contributed by atoms with Gasteiger partial charge in [-0.25, -0.2) is 9.78 Å². The Morgan fingerprint density at radius 3 is 2.63 bits per heavy atom. The molecule has 1 N–H and O–H groups in total. The fraction of sp³-hybridized carbons (Fsp3) is 0.333. The Kier molecular flexibility index (Phi) is 6.72. The highest BCUT2D eigenvalue weighted by Gasteiger charge is 2.41. The molecule has 2 fully saturated rings. The van der Waals surface area contributed by atoms with Crippen LogP contribution in [0.25, 0.3) is 0 Å². The summed E-state index contributed by atoms with van der Waals surface area (Å²) in [5.41, 5.74) is 2.41. The second-order valence-corrected chi connectivity index (χ2v) is 8.96. The van der Waals surface area contributed by atoms with E-state index in [9.17, 15) is 14.7 Å². The van der Waals surface area contributed by atoms with E-state index in [-0.39, 0.29) is 31.5 Å². The van der Waals surface area contributed by atoms with Crippen LogP contribution in [0.1, 0.15) is 46.8 Å². The zero-order valence-electron chi connectivity index (χ0n) is 19.4. The molecule has 1 aromatic carbocycles. The van der Waals surface area contributed by atoms with E-state index in [1.807, 2.05) is 42.5 Å². The molecular weight excluding hydrogens is 444 g/mol. The molecule has 8 nitrogen and oxygen atoms in total. The zero-order valence-corrected chi connectivity index (χ0v) is 19.4. The highest BCUT2D eigenvalue weighted by molar-refractivity contribution is 6.01. The predicted octanol–water partition coefficient (Wildman–Crippen LogP) is 3.14. The maximum absolute atomic E-state index is 13.7. The van der Waals surface area contributed by atoms with Gasteiger partial charge in [0.2, 0.25) is 0 Å². The summed E-state index contributed by atoms with van der Waals surface area (Å²) in [6.45, 7) is 0.968. The first kappa shape index (κ1) is 23.0. The number of β-amino-alcohol motifs (C(OH)–C–C–N with tert-alkyl or cyclic N) is 1. The Bertz CT molecular complexity index is 1170. The van der Waals surface area contributed by atoms with Gasteiger partial charge in [-0.05, 0) is 48.2 Å². The number of hydrogen-bond acceptors (Lipinski definition) is 7. The van der Waals surface area contributed by atoms with Crippen LogP contribution in [0.5, 0.6) is 0 Å². The highest BCUT2D eigenvalue weighted by Crippen LogP contribution is 2.37. The number of aliphatic hydroxyl groups excluding tert-OH is 1. The first-order chi connectivity index (χ1) is 17.1. The van der Waals surface area contributed by atoms with Crippen molar-refractivity contribution < 1.29 is 19.4 Å². The van der Waals surface area contributed by atoms with Gasteiger partial charge in [0.15, 0.2) is 0 Å². The van der Waals surface area contributed by atoms with Gasteiger partial charge in [0.05, 0.1) is 17.7 Å². The molecule has 2 aliphatic heterocycles. The van der Waals surface area contributed by atoms with Crippen LogP contribution < -0.4 is 4.90 Å². The molecule has 0 saturated carbocycles. The Labute approximate surface area is 204 Å². The molecule has 0 aliphatic carbocycles. The van der Waals surface area contributed by atoms with Crippen LogP contribution in [0.2, 0.25) is 0 Å². The molecule has 2 aromatic heterocycles. The van der Waals surface area contributed by atoms with Crippen molar-refractivity contribution >= 4 is 17.7 Å². The van der Waals surface area contributed by atoms with Crippen molar-refractivity contribution in [2.75, 3.05) is 18.0 Å². The first-order valence-electron chi connectivity index (χ1n) is 11.9. The van der Waals surface area contributed by atoms with Gasteiger partial charge in [0, 0.05) is 38.1 Å². The fourth-order valence-electron chi connectivity index (χ4n) is 4.99. The Morgan fingerprint density at radius 1 is 1.03 bits per heavy atom. The van der Waals surface area contributed by atoms with Gasteiger partial charge in [-0.3, -0.25) is 9.78 Å². The molecule has 1 unspecified atom stereocenters. The van der Waals surface area contributed by atoms with Gasteiger partial charge in [-0.2, -0.15) is 0 Å². The van der Waals surface area contributed by atoms with E-state index in [0.717, 1.165) is 30.5 Å². The van der Waals surface area contributed by atoms with Crippen molar-refractivity contribution in [3.8, 4) is 0 Å². The van der Waals surface area contributed by atoms with E-state index in [4.69, 9.17) is 4.74 Å². The number of carbonyl (C=O) groups excluding carboxylic acids is 2. The summed E-state index contributed by atoms with van der Waals surface area (Å²) in [6.07, 6.45) is 6.52. The van der Waals surface area contributed by atoms with Gasteiger partial charge in [0.1, 0.15) is 18.5 Å². The smallest absolute Gasteiger partial charge is 0.329 e. The minimum absolute atomic E-state index is 0.0755. The number of aromatic nitrogens is 2. The average Bonchev–Trinajstić information content (AvgIpc) is 3.55. The number of esters is 1. The molecule has 5 rings (SSSR count). The minimum Gasteiger partial charge on any atom is -0.459 e. The summed E-state index contributed by atoms with van der Waals surface area (Å²) in [6, 6.07) is 16.1. The largest absolute Gasteiger partial charge is 0.459 e. The van der Waals surface area contributed by atoms with Crippen molar-refractivity contribution in [2.45, 2.75) is 44.1 Å². The molecule has 2 saturated heterocycles. The normalized spacial score (nSPS) is 21.8. The van der Waals surface area contributed by atoms with E-state index in [1.54, 1.807) is 30.7 Å². The van der Waals surface area contributed by atoms with Gasteiger partial charge in [-0.15, -0.1) is 0 Å². The number of aliphatic hydroxyl groups is 1. The first-order valence-corrected chi connectivity index (χ1v) is 11.9. The minimum atomic E-state index is -0.844. The van der Waals surface area contributed by atoms with Crippen molar-refractivity contribution in [2.24, 2.45) is 0 Å². The van der Waals surface area contributed by atoms with Crippen molar-refractivity contribution in [3.05, 3.63) is 89.9 Å². The number of nitrogens with zero attached hydrogens (tertiary/aromatic N) is 4. The summed E-state index contributed by atoms with van der Waals surface area (Å²) in [4.78, 5) is 38.9. The van der Waals surface area contributed by atoms with Crippen molar-refractivity contribution in [1.82, 2.24) is 14.9 Å².